The minimum Gasteiger partial charge on any atom is -0.484 e. The Bertz CT molecular complexity index is 408. The highest BCUT2D eigenvalue weighted by atomic mass is 16.5. The average molecular weight is 218 g/mol. The van der Waals surface area contributed by atoms with Crippen LogP contribution in [0.25, 0.3) is 0 Å². The molecule has 0 aliphatic carbocycles. The van der Waals surface area contributed by atoms with Crippen LogP contribution in [-0.4, -0.2) is 12.5 Å². The van der Waals surface area contributed by atoms with Crippen molar-refractivity contribution >= 4 is 5.91 Å². The minimum absolute atomic E-state index is 0.144. The molecule has 0 saturated carbocycles. The van der Waals surface area contributed by atoms with E-state index < -0.39 is 5.91 Å². The second-order valence-corrected chi connectivity index (χ2v) is 3.68. The Hall–Kier alpha value is -2.02. The van der Waals surface area contributed by atoms with E-state index in [1.165, 1.54) is 0 Å². The third-order valence-corrected chi connectivity index (χ3v) is 2.09. The Morgan fingerprint density at radius 2 is 2.31 bits per heavy atom. The van der Waals surface area contributed by atoms with Crippen molar-refractivity contribution in [1.29, 1.82) is 5.26 Å². The number of nitriles is 1. The number of carbonyl (C=O) groups excluding carboxylic acids is 1. The molecule has 0 aromatic heterocycles. The van der Waals surface area contributed by atoms with E-state index in [0.717, 1.165) is 5.56 Å². The van der Waals surface area contributed by atoms with E-state index in [1.807, 2.05) is 23.5 Å². The lowest BCUT2D eigenvalue weighted by atomic mass is 10.0. The molecule has 0 saturated heterocycles. The molecule has 0 atom stereocenters. The SMILES string of the molecule is CC(C)c1cccc(OCC(=O)NC#N)c1. The molecular formula is C12H14N2O2. The van der Waals surface area contributed by atoms with Crippen molar-refractivity contribution in [1.82, 2.24) is 5.32 Å². The number of hydrogen-bond acceptors (Lipinski definition) is 3. The summed E-state index contributed by atoms with van der Waals surface area (Å²) >= 11 is 0. The first kappa shape index (κ1) is 12.1. The maximum atomic E-state index is 11.0. The summed E-state index contributed by atoms with van der Waals surface area (Å²) in [7, 11) is 0. The first-order chi connectivity index (χ1) is 7.63. The van der Waals surface area contributed by atoms with Crippen LogP contribution in [0.4, 0.5) is 0 Å². The molecule has 16 heavy (non-hydrogen) atoms. The molecule has 0 aliphatic rings. The fourth-order valence-electron chi connectivity index (χ4n) is 1.21. The Labute approximate surface area is 94.8 Å². The summed E-state index contributed by atoms with van der Waals surface area (Å²) in [4.78, 5) is 11.0. The summed E-state index contributed by atoms with van der Waals surface area (Å²) in [5, 5.41) is 10.2. The van der Waals surface area contributed by atoms with Crippen LogP contribution >= 0.6 is 0 Å². The molecular weight excluding hydrogens is 204 g/mol. The Balaban J connectivity index is 2.58. The third-order valence-electron chi connectivity index (χ3n) is 2.09. The molecule has 0 unspecified atom stereocenters. The van der Waals surface area contributed by atoms with Gasteiger partial charge in [0, 0.05) is 0 Å². The largest absolute Gasteiger partial charge is 0.484 e. The summed E-state index contributed by atoms with van der Waals surface area (Å²) in [6, 6.07) is 7.57. The Kier molecular flexibility index (Phi) is 4.34. The molecule has 1 amide bonds. The summed E-state index contributed by atoms with van der Waals surface area (Å²) in [6.45, 7) is 4.03. The third kappa shape index (κ3) is 3.62. The first-order valence-corrected chi connectivity index (χ1v) is 5.04. The molecule has 0 fully saturated rings. The minimum atomic E-state index is -0.447. The standard InChI is InChI=1S/C12H14N2O2/c1-9(2)10-4-3-5-11(6-10)16-7-12(15)14-8-13/h3-6,9H,7H2,1-2H3,(H,14,15). The van der Waals surface area contributed by atoms with Gasteiger partial charge in [-0.3, -0.25) is 10.1 Å². The average Bonchev–Trinajstić information content (AvgIpc) is 2.27. The van der Waals surface area contributed by atoms with Crippen LogP contribution in [-0.2, 0) is 4.79 Å². The van der Waals surface area contributed by atoms with Gasteiger partial charge in [-0.2, -0.15) is 5.26 Å². The van der Waals surface area contributed by atoms with Gasteiger partial charge in [0.2, 0.25) is 0 Å². The van der Waals surface area contributed by atoms with Gasteiger partial charge in [-0.1, -0.05) is 26.0 Å². The maximum Gasteiger partial charge on any atom is 0.270 e. The first-order valence-electron chi connectivity index (χ1n) is 5.04. The second-order valence-electron chi connectivity index (χ2n) is 3.68. The van der Waals surface area contributed by atoms with Gasteiger partial charge in [-0.15, -0.1) is 0 Å². The molecule has 0 spiro atoms. The zero-order valence-electron chi connectivity index (χ0n) is 9.36. The van der Waals surface area contributed by atoms with Crippen LogP contribution in [0.2, 0.25) is 0 Å². The van der Waals surface area contributed by atoms with Gasteiger partial charge in [0.05, 0.1) is 0 Å². The monoisotopic (exact) mass is 218 g/mol. The van der Waals surface area contributed by atoms with E-state index >= 15 is 0 Å². The van der Waals surface area contributed by atoms with E-state index in [9.17, 15) is 4.79 Å². The highest BCUT2D eigenvalue weighted by Gasteiger charge is 2.03. The lowest BCUT2D eigenvalue weighted by Gasteiger charge is -2.08. The van der Waals surface area contributed by atoms with E-state index in [0.29, 0.717) is 11.7 Å². The van der Waals surface area contributed by atoms with Crippen LogP contribution in [0.3, 0.4) is 0 Å². The van der Waals surface area contributed by atoms with Crippen molar-refractivity contribution in [3.05, 3.63) is 29.8 Å². The van der Waals surface area contributed by atoms with Gasteiger partial charge in [0.15, 0.2) is 12.8 Å². The van der Waals surface area contributed by atoms with Crippen LogP contribution in [0.15, 0.2) is 24.3 Å². The number of amides is 1. The van der Waals surface area contributed by atoms with Gasteiger partial charge in [-0.05, 0) is 23.6 Å². The normalized spacial score (nSPS) is 9.62. The van der Waals surface area contributed by atoms with Gasteiger partial charge in [0.1, 0.15) is 5.75 Å². The Morgan fingerprint density at radius 1 is 1.56 bits per heavy atom. The smallest absolute Gasteiger partial charge is 0.270 e. The van der Waals surface area contributed by atoms with Crippen molar-refractivity contribution in [3.63, 3.8) is 0 Å². The predicted molar refractivity (Wildman–Crippen MR) is 59.8 cm³/mol. The van der Waals surface area contributed by atoms with Crippen molar-refractivity contribution < 1.29 is 9.53 Å². The quantitative estimate of drug-likeness (QED) is 0.619. The van der Waals surface area contributed by atoms with E-state index in [-0.39, 0.29) is 6.61 Å². The molecule has 0 aliphatic heterocycles. The number of rotatable bonds is 4. The van der Waals surface area contributed by atoms with E-state index in [1.54, 1.807) is 12.3 Å². The van der Waals surface area contributed by atoms with Crippen LogP contribution in [0.5, 0.6) is 5.75 Å². The number of hydrogen-bond donors (Lipinski definition) is 1. The lowest BCUT2D eigenvalue weighted by Crippen LogP contribution is -2.24. The fraction of sp³-hybridized carbons (Fsp3) is 0.333. The molecule has 84 valence electrons. The molecule has 1 aromatic rings. The number of nitrogens with one attached hydrogen (secondary N) is 1. The maximum absolute atomic E-state index is 11.0. The molecule has 1 aromatic carbocycles. The summed E-state index contributed by atoms with van der Waals surface area (Å²) in [5.41, 5.74) is 1.15. The van der Waals surface area contributed by atoms with Crippen molar-refractivity contribution in [2.45, 2.75) is 19.8 Å². The molecule has 4 nitrogen and oxygen atoms in total. The highest BCUT2D eigenvalue weighted by Crippen LogP contribution is 2.19. The zero-order valence-corrected chi connectivity index (χ0v) is 9.36. The Morgan fingerprint density at radius 3 is 2.94 bits per heavy atom. The second kappa shape index (κ2) is 5.76. The highest BCUT2D eigenvalue weighted by molar-refractivity contribution is 5.78. The molecule has 0 heterocycles. The lowest BCUT2D eigenvalue weighted by molar-refractivity contribution is -0.121. The fourth-order valence-corrected chi connectivity index (χ4v) is 1.21. The van der Waals surface area contributed by atoms with Gasteiger partial charge >= 0.3 is 0 Å². The predicted octanol–water partition coefficient (Wildman–Crippen LogP) is 1.79. The summed E-state index contributed by atoms with van der Waals surface area (Å²) < 4.78 is 5.25. The molecule has 1 N–H and O–H groups in total. The van der Waals surface area contributed by atoms with Gasteiger partial charge < -0.3 is 4.74 Å². The topological polar surface area (TPSA) is 62.1 Å². The van der Waals surface area contributed by atoms with Gasteiger partial charge in [0.25, 0.3) is 5.91 Å². The number of ether oxygens (including phenoxy) is 1. The van der Waals surface area contributed by atoms with Crippen LogP contribution in [0.1, 0.15) is 25.3 Å². The molecule has 0 radical (unpaired) electrons. The van der Waals surface area contributed by atoms with E-state index in [2.05, 4.69) is 13.8 Å². The molecule has 4 heteroatoms. The van der Waals surface area contributed by atoms with Crippen molar-refractivity contribution in [2.24, 2.45) is 0 Å². The summed E-state index contributed by atoms with van der Waals surface area (Å²) in [5.74, 6) is 0.605. The molecule has 1 rings (SSSR count). The number of benzene rings is 1. The van der Waals surface area contributed by atoms with Crippen molar-refractivity contribution in [2.75, 3.05) is 6.61 Å². The number of nitrogens with zero attached hydrogens (tertiary/aromatic N) is 1. The zero-order chi connectivity index (χ0) is 12.0. The van der Waals surface area contributed by atoms with Crippen LogP contribution in [0, 0.1) is 11.5 Å². The molecule has 0 bridgehead atoms. The van der Waals surface area contributed by atoms with Gasteiger partial charge in [-0.25, -0.2) is 0 Å². The van der Waals surface area contributed by atoms with E-state index in [4.69, 9.17) is 10.00 Å². The summed E-state index contributed by atoms with van der Waals surface area (Å²) in [6.07, 6.45) is 1.55. The van der Waals surface area contributed by atoms with Crippen LogP contribution < -0.4 is 10.1 Å². The number of carbonyl (C=O) groups is 1. The van der Waals surface area contributed by atoms with Crippen molar-refractivity contribution in [3.8, 4) is 11.9 Å².